The van der Waals surface area contributed by atoms with E-state index in [4.69, 9.17) is 4.74 Å². The maximum absolute atomic E-state index is 11.7. The first-order valence-corrected chi connectivity index (χ1v) is 8.33. The second-order valence-electron chi connectivity index (χ2n) is 6.32. The number of rotatable bonds is 5. The second kappa shape index (κ2) is 7.42. The molecule has 23 heavy (non-hydrogen) atoms. The molecule has 2 aromatic rings. The molecule has 0 unspecified atom stereocenters. The van der Waals surface area contributed by atoms with E-state index < -0.39 is 0 Å². The van der Waals surface area contributed by atoms with Crippen LogP contribution in [0.25, 0.3) is 0 Å². The van der Waals surface area contributed by atoms with Gasteiger partial charge in [0.05, 0.1) is 6.21 Å². The van der Waals surface area contributed by atoms with Crippen molar-refractivity contribution < 1.29 is 9.53 Å². The third-order valence-corrected chi connectivity index (χ3v) is 4.32. The van der Waals surface area contributed by atoms with Crippen molar-refractivity contribution in [1.82, 2.24) is 5.43 Å². The molecule has 1 aromatic carbocycles. The summed E-state index contributed by atoms with van der Waals surface area (Å²) < 4.78 is 5.46. The lowest BCUT2D eigenvalue weighted by molar-refractivity contribution is -0.123. The highest BCUT2D eigenvalue weighted by Gasteiger charge is 2.13. The first-order valence-electron chi connectivity index (χ1n) is 7.45. The van der Waals surface area contributed by atoms with Gasteiger partial charge in [-0.15, -0.1) is 11.3 Å². The molecule has 0 atom stereocenters. The molecule has 0 aliphatic heterocycles. The number of hydrazone groups is 1. The van der Waals surface area contributed by atoms with E-state index in [1.165, 1.54) is 5.56 Å². The summed E-state index contributed by atoms with van der Waals surface area (Å²) in [4.78, 5) is 12.7. The number of aryl methyl sites for hydroxylation is 1. The first kappa shape index (κ1) is 17.2. The minimum absolute atomic E-state index is 0.0599. The Kier molecular flexibility index (Phi) is 5.55. The molecule has 0 bridgehead atoms. The zero-order valence-corrected chi connectivity index (χ0v) is 14.7. The second-order valence-corrected chi connectivity index (χ2v) is 7.27. The lowest BCUT2D eigenvalue weighted by Gasteiger charge is -2.19. The summed E-state index contributed by atoms with van der Waals surface area (Å²) in [6.45, 7) is 8.41. The van der Waals surface area contributed by atoms with Crippen LogP contribution in [0, 0.1) is 6.92 Å². The Morgan fingerprint density at radius 3 is 2.52 bits per heavy atom. The fourth-order valence-electron chi connectivity index (χ4n) is 1.91. The number of benzene rings is 1. The number of amides is 1. The fourth-order valence-corrected chi connectivity index (χ4v) is 2.70. The zero-order chi connectivity index (χ0) is 16.9. The summed E-state index contributed by atoms with van der Waals surface area (Å²) in [6.07, 6.45) is 1.65. The van der Waals surface area contributed by atoms with Crippen molar-refractivity contribution in [3.05, 3.63) is 51.7 Å². The van der Waals surface area contributed by atoms with E-state index in [1.54, 1.807) is 17.6 Å². The molecule has 0 saturated carbocycles. The molecule has 1 aromatic heterocycles. The van der Waals surface area contributed by atoms with Crippen LogP contribution in [-0.2, 0) is 10.2 Å². The summed E-state index contributed by atoms with van der Waals surface area (Å²) >= 11 is 1.58. The Hall–Kier alpha value is -2.14. The molecule has 0 aliphatic rings. The SMILES string of the molecule is Cc1ccsc1/C=N/NC(=O)COc1ccc(C(C)(C)C)cc1. The van der Waals surface area contributed by atoms with E-state index in [9.17, 15) is 4.79 Å². The Balaban J connectivity index is 1.80. The van der Waals surface area contributed by atoms with Gasteiger partial charge < -0.3 is 4.74 Å². The van der Waals surface area contributed by atoms with Gasteiger partial charge in [0.2, 0.25) is 0 Å². The number of carbonyl (C=O) groups excluding carboxylic acids is 1. The van der Waals surface area contributed by atoms with Gasteiger partial charge in [-0.05, 0) is 47.0 Å². The molecule has 1 N–H and O–H groups in total. The lowest BCUT2D eigenvalue weighted by atomic mass is 9.87. The van der Waals surface area contributed by atoms with Crippen LogP contribution in [0.4, 0.5) is 0 Å². The standard InChI is InChI=1S/C18H22N2O2S/c1-13-9-10-23-16(13)11-19-20-17(21)12-22-15-7-5-14(6-8-15)18(2,3)4/h5-11H,12H2,1-4H3,(H,20,21)/b19-11+. The van der Waals surface area contributed by atoms with Gasteiger partial charge in [-0.1, -0.05) is 32.9 Å². The molecule has 0 spiro atoms. The number of nitrogens with one attached hydrogen (secondary N) is 1. The van der Waals surface area contributed by atoms with Gasteiger partial charge in [-0.2, -0.15) is 5.10 Å². The number of ether oxygens (including phenoxy) is 1. The van der Waals surface area contributed by atoms with Gasteiger partial charge in [-0.25, -0.2) is 5.43 Å². The molecule has 0 fully saturated rings. The van der Waals surface area contributed by atoms with Crippen LogP contribution in [0.1, 0.15) is 36.8 Å². The maximum Gasteiger partial charge on any atom is 0.277 e. The van der Waals surface area contributed by atoms with Crippen LogP contribution in [-0.4, -0.2) is 18.7 Å². The number of thiophene rings is 1. The third-order valence-electron chi connectivity index (χ3n) is 3.36. The van der Waals surface area contributed by atoms with Gasteiger partial charge in [0.1, 0.15) is 5.75 Å². The van der Waals surface area contributed by atoms with Gasteiger partial charge in [0, 0.05) is 4.88 Å². The highest BCUT2D eigenvalue weighted by Crippen LogP contribution is 2.24. The summed E-state index contributed by atoms with van der Waals surface area (Å²) in [5, 5.41) is 5.93. The van der Waals surface area contributed by atoms with E-state index in [2.05, 4.69) is 31.3 Å². The number of nitrogens with zero attached hydrogens (tertiary/aromatic N) is 1. The van der Waals surface area contributed by atoms with Crippen molar-refractivity contribution in [2.24, 2.45) is 5.10 Å². The number of hydrogen-bond acceptors (Lipinski definition) is 4. The Bertz CT molecular complexity index is 682. The highest BCUT2D eigenvalue weighted by atomic mass is 32.1. The van der Waals surface area contributed by atoms with Crippen LogP contribution >= 0.6 is 11.3 Å². The van der Waals surface area contributed by atoms with Crippen molar-refractivity contribution in [3.8, 4) is 5.75 Å². The van der Waals surface area contributed by atoms with E-state index in [1.807, 2.05) is 42.6 Å². The monoisotopic (exact) mass is 330 g/mol. The Morgan fingerprint density at radius 2 is 1.96 bits per heavy atom. The van der Waals surface area contributed by atoms with Crippen LogP contribution in [0.3, 0.4) is 0 Å². The fraction of sp³-hybridized carbons (Fsp3) is 0.333. The van der Waals surface area contributed by atoms with Crippen molar-refractivity contribution in [3.63, 3.8) is 0 Å². The topological polar surface area (TPSA) is 50.7 Å². The molecule has 122 valence electrons. The molecular weight excluding hydrogens is 308 g/mol. The van der Waals surface area contributed by atoms with Crippen LogP contribution < -0.4 is 10.2 Å². The Labute approximate surface area is 141 Å². The number of carbonyl (C=O) groups is 1. The average Bonchev–Trinajstić information content (AvgIpc) is 2.90. The quantitative estimate of drug-likeness (QED) is 0.668. The van der Waals surface area contributed by atoms with E-state index in [-0.39, 0.29) is 17.9 Å². The predicted octanol–water partition coefficient (Wildman–Crippen LogP) is 3.88. The average molecular weight is 330 g/mol. The minimum atomic E-state index is -0.282. The van der Waals surface area contributed by atoms with Gasteiger partial charge in [0.15, 0.2) is 6.61 Å². The van der Waals surface area contributed by atoms with E-state index >= 15 is 0 Å². The zero-order valence-electron chi connectivity index (χ0n) is 13.9. The van der Waals surface area contributed by atoms with Gasteiger partial charge in [0.25, 0.3) is 5.91 Å². The van der Waals surface area contributed by atoms with Crippen LogP contribution in [0.2, 0.25) is 0 Å². The lowest BCUT2D eigenvalue weighted by Crippen LogP contribution is -2.24. The summed E-state index contributed by atoms with van der Waals surface area (Å²) in [5.41, 5.74) is 4.94. The van der Waals surface area contributed by atoms with Crippen molar-refractivity contribution >= 4 is 23.5 Å². The maximum atomic E-state index is 11.7. The Morgan fingerprint density at radius 1 is 1.26 bits per heavy atom. The van der Waals surface area contributed by atoms with E-state index in [0.717, 1.165) is 10.4 Å². The first-order chi connectivity index (χ1) is 10.9. The molecule has 0 saturated heterocycles. The van der Waals surface area contributed by atoms with Gasteiger partial charge in [-0.3, -0.25) is 4.79 Å². The van der Waals surface area contributed by atoms with E-state index in [0.29, 0.717) is 5.75 Å². The number of hydrogen-bond donors (Lipinski definition) is 1. The molecule has 1 heterocycles. The molecule has 5 heteroatoms. The molecule has 2 rings (SSSR count). The summed E-state index contributed by atoms with van der Waals surface area (Å²) in [6, 6.07) is 9.81. The molecule has 1 amide bonds. The van der Waals surface area contributed by atoms with Gasteiger partial charge >= 0.3 is 0 Å². The highest BCUT2D eigenvalue weighted by molar-refractivity contribution is 7.11. The minimum Gasteiger partial charge on any atom is -0.484 e. The van der Waals surface area contributed by atoms with Crippen molar-refractivity contribution in [2.45, 2.75) is 33.1 Å². The van der Waals surface area contributed by atoms with Crippen molar-refractivity contribution in [1.29, 1.82) is 0 Å². The van der Waals surface area contributed by atoms with Crippen LogP contribution in [0.5, 0.6) is 5.75 Å². The predicted molar refractivity (Wildman–Crippen MR) is 95.4 cm³/mol. The normalized spacial score (nSPS) is 11.7. The summed E-state index contributed by atoms with van der Waals surface area (Å²) in [7, 11) is 0. The summed E-state index contributed by atoms with van der Waals surface area (Å²) in [5.74, 6) is 0.390. The third kappa shape index (κ3) is 5.21. The molecular formula is C18H22N2O2S. The molecule has 0 radical (unpaired) electrons. The largest absolute Gasteiger partial charge is 0.484 e. The smallest absolute Gasteiger partial charge is 0.277 e. The molecule has 4 nitrogen and oxygen atoms in total. The van der Waals surface area contributed by atoms with Crippen LogP contribution in [0.15, 0.2) is 40.8 Å². The molecule has 0 aliphatic carbocycles. The van der Waals surface area contributed by atoms with Crippen molar-refractivity contribution in [2.75, 3.05) is 6.61 Å².